The van der Waals surface area contributed by atoms with Gasteiger partial charge in [-0.05, 0) is 24.3 Å². The summed E-state index contributed by atoms with van der Waals surface area (Å²) in [6.45, 7) is 0. The van der Waals surface area contributed by atoms with E-state index in [0.29, 0.717) is 0 Å². The minimum atomic E-state index is -3.11. The number of aliphatic hydroxyl groups is 4. The fraction of sp³-hybridized carbons (Fsp3) is 0.238. The summed E-state index contributed by atoms with van der Waals surface area (Å²) in [6, 6.07) is 5.08. The summed E-state index contributed by atoms with van der Waals surface area (Å²) in [4.78, 5) is 24.8. The summed E-state index contributed by atoms with van der Waals surface area (Å²) in [5.74, 6) is -5.60. The van der Waals surface area contributed by atoms with Crippen molar-refractivity contribution in [2.75, 3.05) is 0 Å². The Labute approximate surface area is 188 Å². The third-order valence-electron chi connectivity index (χ3n) is 5.63. The lowest BCUT2D eigenvalue weighted by molar-refractivity contribution is -0.319. The molecule has 0 bridgehead atoms. The average Bonchev–Trinajstić information content (AvgIpc) is 2.78. The van der Waals surface area contributed by atoms with Gasteiger partial charge in [-0.3, -0.25) is 4.79 Å². The Morgan fingerprint density at radius 3 is 2.18 bits per heavy atom. The van der Waals surface area contributed by atoms with Crippen LogP contribution >= 0.6 is 0 Å². The SMILES string of the molecule is O=C(O)[C@@]1(c2cc3oc(-c4ccc(O)c(O)c4)cc(=O)c3c(O)c2O)OC(O)[C@H](O)[C@@H](O)[C@@H]1O. The standard InChI is InChI=1S/C21H18O13/c22-8-2-1-6(3-9(8)23)11-5-10(24)13-12(33-11)4-7(14(25)15(13)26)21(20(31)32)18(29)16(27)17(28)19(30)34-21/h1-5,16-19,22-23,25-30H,(H,31,32)/t16-,17-,18+,19?,21+/m1/s1. The molecule has 1 aromatic heterocycles. The lowest BCUT2D eigenvalue weighted by Crippen LogP contribution is -2.65. The number of carboxylic acids is 1. The highest BCUT2D eigenvalue weighted by atomic mass is 16.7. The zero-order valence-electron chi connectivity index (χ0n) is 16.9. The highest BCUT2D eigenvalue weighted by molar-refractivity contribution is 5.92. The fourth-order valence-corrected chi connectivity index (χ4v) is 3.83. The Morgan fingerprint density at radius 2 is 1.56 bits per heavy atom. The van der Waals surface area contributed by atoms with Crippen molar-refractivity contribution in [3.63, 3.8) is 0 Å². The number of carbonyl (C=O) groups is 1. The minimum absolute atomic E-state index is 0.0966. The number of fused-ring (bicyclic) bond motifs is 1. The van der Waals surface area contributed by atoms with Gasteiger partial charge in [0.2, 0.25) is 5.60 Å². The van der Waals surface area contributed by atoms with Crippen LogP contribution in [0.3, 0.4) is 0 Å². The largest absolute Gasteiger partial charge is 0.504 e. The Kier molecular flexibility index (Phi) is 5.38. The lowest BCUT2D eigenvalue weighted by Gasteiger charge is -2.44. The maximum absolute atomic E-state index is 12.7. The Balaban J connectivity index is 2.01. The molecule has 0 spiro atoms. The predicted octanol–water partition coefficient (Wildman–Crippen LogP) is -1.01. The number of aliphatic carboxylic acids is 1. The number of carboxylic acid groups (broad SMARTS) is 1. The molecule has 13 heteroatoms. The summed E-state index contributed by atoms with van der Waals surface area (Å²) in [6.07, 6.45) is -9.15. The van der Waals surface area contributed by atoms with Crippen molar-refractivity contribution in [1.29, 1.82) is 0 Å². The first-order valence-electron chi connectivity index (χ1n) is 9.59. The molecule has 3 aromatic rings. The minimum Gasteiger partial charge on any atom is -0.504 e. The van der Waals surface area contributed by atoms with E-state index in [9.17, 15) is 55.5 Å². The topological polar surface area (TPSA) is 239 Å². The Hall–Kier alpha value is -3.88. The van der Waals surface area contributed by atoms with Crippen LogP contribution in [-0.4, -0.2) is 76.5 Å². The number of benzene rings is 2. The first-order chi connectivity index (χ1) is 15.9. The highest BCUT2D eigenvalue weighted by Crippen LogP contribution is 2.47. The number of hydrogen-bond donors (Lipinski definition) is 9. The maximum Gasteiger partial charge on any atom is 0.343 e. The van der Waals surface area contributed by atoms with Crippen molar-refractivity contribution in [3.05, 3.63) is 46.1 Å². The number of hydrogen-bond acceptors (Lipinski definition) is 12. The second-order valence-corrected chi connectivity index (χ2v) is 7.65. The quantitative estimate of drug-likeness (QED) is 0.205. The van der Waals surface area contributed by atoms with Gasteiger partial charge >= 0.3 is 5.97 Å². The molecule has 2 aromatic carbocycles. The Morgan fingerprint density at radius 1 is 0.882 bits per heavy atom. The van der Waals surface area contributed by atoms with Crippen LogP contribution in [0.2, 0.25) is 0 Å². The number of aromatic hydroxyl groups is 4. The lowest BCUT2D eigenvalue weighted by atomic mass is 9.80. The third kappa shape index (κ3) is 3.22. The summed E-state index contributed by atoms with van der Waals surface area (Å²) in [5, 5.41) is 89.6. The van der Waals surface area contributed by atoms with Gasteiger partial charge in [0.15, 0.2) is 34.7 Å². The van der Waals surface area contributed by atoms with Crippen molar-refractivity contribution >= 4 is 16.9 Å². The summed E-state index contributed by atoms with van der Waals surface area (Å²) in [7, 11) is 0. The maximum atomic E-state index is 12.7. The first-order valence-corrected chi connectivity index (χ1v) is 9.59. The molecule has 180 valence electrons. The molecule has 1 unspecified atom stereocenters. The van der Waals surface area contributed by atoms with Gasteiger partial charge in [0, 0.05) is 17.2 Å². The van der Waals surface area contributed by atoms with Crippen LogP contribution in [-0.2, 0) is 15.1 Å². The molecule has 1 aliphatic heterocycles. The van der Waals surface area contributed by atoms with E-state index in [1.807, 2.05) is 0 Å². The van der Waals surface area contributed by atoms with Crippen molar-refractivity contribution in [1.82, 2.24) is 0 Å². The molecule has 2 heterocycles. The van der Waals surface area contributed by atoms with E-state index in [-0.39, 0.29) is 11.3 Å². The van der Waals surface area contributed by atoms with E-state index in [4.69, 9.17) is 9.15 Å². The summed E-state index contributed by atoms with van der Waals surface area (Å²) in [5.41, 5.74) is -5.32. The van der Waals surface area contributed by atoms with Crippen LogP contribution in [0.1, 0.15) is 5.56 Å². The van der Waals surface area contributed by atoms with Crippen molar-refractivity contribution < 1.29 is 59.9 Å². The molecule has 4 rings (SSSR count). The van der Waals surface area contributed by atoms with Crippen LogP contribution in [0.4, 0.5) is 0 Å². The molecule has 0 amide bonds. The number of phenols is 4. The van der Waals surface area contributed by atoms with Crippen LogP contribution in [0.25, 0.3) is 22.3 Å². The van der Waals surface area contributed by atoms with E-state index in [2.05, 4.69) is 0 Å². The van der Waals surface area contributed by atoms with E-state index < -0.39 is 81.1 Å². The molecule has 5 atom stereocenters. The van der Waals surface area contributed by atoms with Crippen LogP contribution in [0.15, 0.2) is 39.5 Å². The normalized spacial score (nSPS) is 27.1. The van der Waals surface area contributed by atoms with Gasteiger partial charge in [-0.2, -0.15) is 0 Å². The van der Waals surface area contributed by atoms with Crippen molar-refractivity contribution in [3.8, 4) is 34.3 Å². The van der Waals surface area contributed by atoms with Gasteiger partial charge in [-0.25, -0.2) is 4.79 Å². The number of aliphatic hydroxyl groups excluding tert-OH is 4. The monoisotopic (exact) mass is 478 g/mol. The average molecular weight is 478 g/mol. The van der Waals surface area contributed by atoms with E-state index in [1.165, 1.54) is 6.07 Å². The van der Waals surface area contributed by atoms with Gasteiger partial charge in [0.1, 0.15) is 35.0 Å². The van der Waals surface area contributed by atoms with Crippen molar-refractivity contribution in [2.24, 2.45) is 0 Å². The van der Waals surface area contributed by atoms with E-state index >= 15 is 0 Å². The van der Waals surface area contributed by atoms with Crippen LogP contribution in [0, 0.1) is 0 Å². The molecule has 1 fully saturated rings. The molecule has 0 saturated carbocycles. The molecule has 1 saturated heterocycles. The molecular formula is C21H18O13. The second kappa shape index (κ2) is 7.86. The Bertz CT molecular complexity index is 1360. The first kappa shape index (κ1) is 23.3. The van der Waals surface area contributed by atoms with E-state index in [1.54, 1.807) is 0 Å². The molecule has 1 aliphatic rings. The smallest absolute Gasteiger partial charge is 0.343 e. The third-order valence-corrected chi connectivity index (χ3v) is 5.63. The molecule has 34 heavy (non-hydrogen) atoms. The molecule has 9 N–H and O–H groups in total. The van der Waals surface area contributed by atoms with Crippen molar-refractivity contribution in [2.45, 2.75) is 30.2 Å². The number of rotatable bonds is 3. The van der Waals surface area contributed by atoms with Gasteiger partial charge in [-0.15, -0.1) is 0 Å². The zero-order chi connectivity index (χ0) is 25.1. The van der Waals surface area contributed by atoms with Crippen LogP contribution in [0.5, 0.6) is 23.0 Å². The fourth-order valence-electron chi connectivity index (χ4n) is 3.83. The van der Waals surface area contributed by atoms with Crippen LogP contribution < -0.4 is 5.43 Å². The zero-order valence-corrected chi connectivity index (χ0v) is 16.9. The van der Waals surface area contributed by atoms with Gasteiger partial charge in [-0.1, -0.05) is 0 Å². The van der Waals surface area contributed by atoms with Gasteiger partial charge < -0.3 is 55.1 Å². The molecule has 0 aliphatic carbocycles. The predicted molar refractivity (Wildman–Crippen MR) is 109 cm³/mol. The molecular weight excluding hydrogens is 460 g/mol. The molecule has 13 nitrogen and oxygen atoms in total. The highest BCUT2D eigenvalue weighted by Gasteiger charge is 2.60. The number of ether oxygens (including phenoxy) is 1. The van der Waals surface area contributed by atoms with Gasteiger partial charge in [0.05, 0.1) is 0 Å². The number of phenolic OH excluding ortho intramolecular Hbond substituents is 4. The second-order valence-electron chi connectivity index (χ2n) is 7.65. The summed E-state index contributed by atoms with van der Waals surface area (Å²) < 4.78 is 10.5. The molecule has 0 radical (unpaired) electrons. The van der Waals surface area contributed by atoms with Gasteiger partial charge in [0.25, 0.3) is 0 Å². The summed E-state index contributed by atoms with van der Waals surface area (Å²) >= 11 is 0. The van der Waals surface area contributed by atoms with E-state index in [0.717, 1.165) is 24.3 Å².